The van der Waals surface area contributed by atoms with Crippen molar-refractivity contribution in [2.45, 2.75) is 163 Å². The molecule has 3 nitrogen and oxygen atoms in total. The van der Waals surface area contributed by atoms with Gasteiger partial charge in [-0.05, 0) is 171 Å². The molecule has 2 spiro atoms. The largest absolute Gasteiger partial charge is 0.462 e. The monoisotopic (exact) mass is 592 g/mol. The number of carbonyl (C=O) groups excluding carboxylic acids is 1. The Bertz CT molecular complexity index is 1160. The first kappa shape index (κ1) is 29.8. The van der Waals surface area contributed by atoms with Gasteiger partial charge in [0.1, 0.15) is 12.2 Å². The number of rotatable bonds is 3. The average molecular weight is 593 g/mol. The Morgan fingerprint density at radius 1 is 0.651 bits per heavy atom. The van der Waals surface area contributed by atoms with E-state index in [2.05, 4.69) is 41.5 Å². The minimum Gasteiger partial charge on any atom is -0.462 e. The first-order valence-corrected chi connectivity index (χ1v) is 19.1. The minimum atomic E-state index is -0.814. The van der Waals surface area contributed by atoms with Crippen LogP contribution in [0.2, 0.25) is 0 Å². The van der Waals surface area contributed by atoms with E-state index in [4.69, 9.17) is 4.74 Å². The summed E-state index contributed by atoms with van der Waals surface area (Å²) in [6.07, 6.45) is 22.8. The fourth-order valence-electron chi connectivity index (χ4n) is 16.5. The summed E-state index contributed by atoms with van der Waals surface area (Å²) in [5, 5.41) is 12.3. The Morgan fingerprint density at radius 3 is 1.88 bits per heavy atom. The Kier molecular flexibility index (Phi) is 6.43. The molecule has 3 heteroatoms. The summed E-state index contributed by atoms with van der Waals surface area (Å²) >= 11 is 0. The van der Waals surface area contributed by atoms with Gasteiger partial charge in [0.15, 0.2) is 0 Å². The van der Waals surface area contributed by atoms with Crippen molar-refractivity contribution in [1.82, 2.24) is 0 Å². The van der Waals surface area contributed by atoms with Crippen molar-refractivity contribution < 1.29 is 14.6 Å². The highest BCUT2D eigenvalue weighted by Crippen LogP contribution is 2.74. The third kappa shape index (κ3) is 4.03. The van der Waals surface area contributed by atoms with Crippen molar-refractivity contribution in [3.63, 3.8) is 0 Å². The third-order valence-electron chi connectivity index (χ3n) is 17.8. The first-order valence-electron chi connectivity index (χ1n) is 19.1. The molecule has 4 bridgehead atoms. The molecule has 0 radical (unpaired) electrons. The molecule has 0 aromatic heterocycles. The zero-order valence-electron chi connectivity index (χ0n) is 28.7. The van der Waals surface area contributed by atoms with Crippen LogP contribution in [0.25, 0.3) is 0 Å². The van der Waals surface area contributed by atoms with Gasteiger partial charge in [-0.25, -0.2) is 0 Å². The van der Waals surface area contributed by atoms with Crippen LogP contribution in [-0.4, -0.2) is 23.3 Å². The van der Waals surface area contributed by atoms with Crippen molar-refractivity contribution in [3.05, 3.63) is 0 Å². The van der Waals surface area contributed by atoms with Crippen molar-refractivity contribution in [3.8, 4) is 0 Å². The zero-order chi connectivity index (χ0) is 30.3. The number of carbonyl (C=O) groups is 1. The van der Waals surface area contributed by atoms with Gasteiger partial charge < -0.3 is 9.84 Å². The third-order valence-corrected chi connectivity index (χ3v) is 17.8. The second-order valence-corrected chi connectivity index (χ2v) is 20.4. The number of ether oxygens (including phenoxy) is 1. The van der Waals surface area contributed by atoms with E-state index in [1.807, 2.05) is 0 Å². The van der Waals surface area contributed by atoms with Crippen LogP contribution in [0.1, 0.15) is 157 Å². The van der Waals surface area contributed by atoms with E-state index >= 15 is 0 Å². The van der Waals surface area contributed by atoms with Crippen LogP contribution < -0.4 is 0 Å². The minimum absolute atomic E-state index is 0.0485. The molecule has 0 amide bonds. The van der Waals surface area contributed by atoms with E-state index in [1.54, 1.807) is 0 Å². The number of esters is 1. The Morgan fingerprint density at radius 2 is 1.23 bits per heavy atom. The average Bonchev–Trinajstić information content (AvgIpc) is 3.31. The highest BCUT2D eigenvalue weighted by molar-refractivity contribution is 5.73. The molecule has 1 N–H and O–H groups in total. The highest BCUT2D eigenvalue weighted by atomic mass is 16.5. The van der Waals surface area contributed by atoms with Crippen LogP contribution in [0.4, 0.5) is 0 Å². The van der Waals surface area contributed by atoms with E-state index in [0.717, 1.165) is 42.9 Å². The molecule has 0 aliphatic heterocycles. The maximum atomic E-state index is 14.0. The molecule has 12 atom stereocenters. The highest BCUT2D eigenvalue weighted by Gasteiger charge is 2.68. The van der Waals surface area contributed by atoms with Crippen LogP contribution in [0, 0.1) is 73.9 Å². The van der Waals surface area contributed by atoms with Crippen LogP contribution in [-0.2, 0) is 9.53 Å². The van der Waals surface area contributed by atoms with Crippen molar-refractivity contribution >= 4 is 5.97 Å². The fourth-order valence-corrected chi connectivity index (χ4v) is 16.5. The molecule has 8 aliphatic carbocycles. The lowest BCUT2D eigenvalue weighted by Crippen LogP contribution is -2.55. The molecule has 8 saturated carbocycles. The molecular formula is C40H64O3. The van der Waals surface area contributed by atoms with Crippen molar-refractivity contribution in [1.29, 1.82) is 0 Å². The van der Waals surface area contributed by atoms with E-state index in [0.29, 0.717) is 38.9 Å². The normalized spacial score (nSPS) is 55.8. The van der Waals surface area contributed by atoms with Crippen LogP contribution in [0.5, 0.6) is 0 Å². The SMILES string of the molecule is CC1(C)CCC[C@]2(C)[C@@H]1CCC13CC(CC[C@H]12)C(C(=O)OC[C@@]1(O)CC24CC[C@@H]5C(C)(C)CCC[C@@]5(C)[C@@H]2CCC1C4)C3. The van der Waals surface area contributed by atoms with E-state index in [-0.39, 0.29) is 23.9 Å². The molecule has 5 unspecified atom stereocenters. The maximum Gasteiger partial charge on any atom is 0.309 e. The van der Waals surface area contributed by atoms with Gasteiger partial charge in [-0.2, -0.15) is 0 Å². The second kappa shape index (κ2) is 9.28. The van der Waals surface area contributed by atoms with E-state index in [1.165, 1.54) is 96.3 Å². The molecule has 0 heterocycles. The summed E-state index contributed by atoms with van der Waals surface area (Å²) in [7, 11) is 0. The van der Waals surface area contributed by atoms with Gasteiger partial charge in [0.05, 0.1) is 5.92 Å². The smallest absolute Gasteiger partial charge is 0.309 e. The van der Waals surface area contributed by atoms with Crippen LogP contribution in [0.15, 0.2) is 0 Å². The Balaban J connectivity index is 0.962. The number of aliphatic hydroxyl groups is 1. The van der Waals surface area contributed by atoms with Gasteiger partial charge in [-0.15, -0.1) is 0 Å². The van der Waals surface area contributed by atoms with Crippen molar-refractivity contribution in [2.24, 2.45) is 73.9 Å². The lowest BCUT2D eigenvalue weighted by atomic mass is 9.41. The molecule has 8 aliphatic rings. The topological polar surface area (TPSA) is 46.5 Å². The maximum absolute atomic E-state index is 14.0. The number of fused-ring (bicyclic) bond motifs is 6. The Labute approximate surface area is 263 Å². The van der Waals surface area contributed by atoms with Gasteiger partial charge in [0, 0.05) is 0 Å². The van der Waals surface area contributed by atoms with Crippen LogP contribution >= 0.6 is 0 Å². The quantitative estimate of drug-likeness (QED) is 0.332. The summed E-state index contributed by atoms with van der Waals surface area (Å²) in [5.74, 6) is 4.09. The molecule has 242 valence electrons. The summed E-state index contributed by atoms with van der Waals surface area (Å²) in [6.45, 7) is 15.7. The van der Waals surface area contributed by atoms with Gasteiger partial charge >= 0.3 is 5.97 Å². The first-order chi connectivity index (χ1) is 20.2. The zero-order valence-corrected chi connectivity index (χ0v) is 28.7. The van der Waals surface area contributed by atoms with Gasteiger partial charge in [-0.3, -0.25) is 4.79 Å². The predicted molar refractivity (Wildman–Crippen MR) is 172 cm³/mol. The lowest BCUT2D eigenvalue weighted by Gasteiger charge is -2.64. The number of hydrogen-bond donors (Lipinski definition) is 1. The summed E-state index contributed by atoms with van der Waals surface area (Å²) in [5.41, 5.74) is 1.57. The summed E-state index contributed by atoms with van der Waals surface area (Å²) in [4.78, 5) is 14.0. The fraction of sp³-hybridized carbons (Fsp3) is 0.975. The van der Waals surface area contributed by atoms with Crippen LogP contribution in [0.3, 0.4) is 0 Å². The molecule has 0 aromatic rings. The molecule has 43 heavy (non-hydrogen) atoms. The van der Waals surface area contributed by atoms with Gasteiger partial charge in [0.25, 0.3) is 0 Å². The Hall–Kier alpha value is -0.570. The molecule has 8 rings (SSSR count). The predicted octanol–water partition coefficient (Wildman–Crippen LogP) is 9.74. The second-order valence-electron chi connectivity index (χ2n) is 20.4. The number of hydrogen-bond acceptors (Lipinski definition) is 3. The molecule has 8 fully saturated rings. The van der Waals surface area contributed by atoms with E-state index < -0.39 is 5.60 Å². The van der Waals surface area contributed by atoms with Gasteiger partial charge in [-0.1, -0.05) is 54.4 Å². The molecule has 0 aromatic carbocycles. The molecule has 0 saturated heterocycles. The molecular weight excluding hydrogens is 528 g/mol. The van der Waals surface area contributed by atoms with Crippen molar-refractivity contribution in [2.75, 3.05) is 6.61 Å². The standard InChI is InChI=1S/C40H64O3/c1-34(2)15-7-17-36(5)29(34)13-19-38-21-26(9-11-31(36)38)28(23-38)33(41)43-25-40(42)24-39-20-14-30-35(3,4)16-8-18-37(30,6)32(39)12-10-27(40)22-39/h26-32,42H,7-25H2,1-6H3/t26?,27?,28?,29-,30-,31+,32+,36-,37-,38?,39?,40+/m1/s1. The summed E-state index contributed by atoms with van der Waals surface area (Å²) < 4.78 is 6.32. The lowest BCUT2D eigenvalue weighted by molar-refractivity contribution is -0.161. The van der Waals surface area contributed by atoms with Gasteiger partial charge in [0.2, 0.25) is 0 Å². The summed E-state index contributed by atoms with van der Waals surface area (Å²) in [6, 6.07) is 0. The van der Waals surface area contributed by atoms with E-state index in [9.17, 15) is 9.90 Å².